The summed E-state index contributed by atoms with van der Waals surface area (Å²) in [7, 11) is 0. The van der Waals surface area contributed by atoms with E-state index in [-0.39, 0.29) is 17.9 Å². The fourth-order valence-electron chi connectivity index (χ4n) is 2.55. The van der Waals surface area contributed by atoms with E-state index in [1.807, 2.05) is 6.92 Å². The summed E-state index contributed by atoms with van der Waals surface area (Å²) in [5.41, 5.74) is 5.61. The molecule has 0 aromatic carbocycles. The van der Waals surface area contributed by atoms with Crippen molar-refractivity contribution in [2.45, 2.75) is 19.9 Å². The molecule has 2 heterocycles. The number of thiophene rings is 1. The van der Waals surface area contributed by atoms with Gasteiger partial charge in [0, 0.05) is 6.92 Å². The number of carbonyl (C=O) groups is 3. The molecule has 3 amide bonds. The van der Waals surface area contributed by atoms with Crippen LogP contribution in [0.3, 0.4) is 0 Å². The second kappa shape index (κ2) is 6.89. The van der Waals surface area contributed by atoms with Gasteiger partial charge in [-0.15, -0.1) is 11.3 Å². The molecular weight excluding hydrogens is 304 g/mol. The minimum atomic E-state index is -0.549. The summed E-state index contributed by atoms with van der Waals surface area (Å²) in [6.07, 6.45) is 0. The number of nitrogens with two attached hydrogens (primary N) is 1. The number of carbonyl (C=O) groups excluding carboxylic acids is 3. The van der Waals surface area contributed by atoms with E-state index in [2.05, 4.69) is 5.32 Å². The van der Waals surface area contributed by atoms with Crippen molar-refractivity contribution in [2.75, 3.05) is 31.5 Å². The number of nitrogens with zero attached hydrogens (tertiary/aromatic N) is 1. The van der Waals surface area contributed by atoms with E-state index in [4.69, 9.17) is 5.73 Å². The quantitative estimate of drug-likeness (QED) is 0.657. The minimum absolute atomic E-state index is 0.0702. The van der Waals surface area contributed by atoms with Gasteiger partial charge in [-0.1, -0.05) is 0 Å². The molecule has 1 aliphatic rings. The molecule has 0 spiro atoms. The van der Waals surface area contributed by atoms with E-state index in [9.17, 15) is 14.4 Å². The molecule has 8 heteroatoms. The zero-order chi connectivity index (χ0) is 16.3. The first kappa shape index (κ1) is 16.4. The number of nitrogens with one attached hydrogen (secondary N) is 2. The molecule has 7 nitrogen and oxygen atoms in total. The number of hydrogen-bond acceptors (Lipinski definition) is 4. The Balaban J connectivity index is 1.94. The molecule has 1 saturated heterocycles. The highest BCUT2D eigenvalue weighted by Crippen LogP contribution is 2.22. The number of rotatable bonds is 4. The molecule has 0 unspecified atom stereocenters. The molecule has 0 aliphatic carbocycles. The van der Waals surface area contributed by atoms with E-state index >= 15 is 0 Å². The first-order valence-corrected chi connectivity index (χ1v) is 8.06. The molecule has 1 fully saturated rings. The molecule has 1 aliphatic heterocycles. The number of amides is 3. The first-order chi connectivity index (χ1) is 10.4. The maximum absolute atomic E-state index is 12.3. The molecule has 4 N–H and O–H groups in total. The van der Waals surface area contributed by atoms with Crippen LogP contribution in [-0.4, -0.2) is 54.8 Å². The SMILES string of the molecule is CC(=O)N1CC[NH+]([C@H](C)C(=O)Nc2sccc2C(N)=O)CC1. The normalized spacial score (nSPS) is 17.1. The van der Waals surface area contributed by atoms with Crippen LogP contribution in [0.2, 0.25) is 0 Å². The van der Waals surface area contributed by atoms with Gasteiger partial charge in [0.1, 0.15) is 5.00 Å². The van der Waals surface area contributed by atoms with E-state index in [0.29, 0.717) is 23.7 Å². The fourth-order valence-corrected chi connectivity index (χ4v) is 3.34. The summed E-state index contributed by atoms with van der Waals surface area (Å²) in [5.74, 6) is -0.622. The molecule has 0 saturated carbocycles. The molecule has 0 bridgehead atoms. The van der Waals surface area contributed by atoms with Crippen molar-refractivity contribution in [1.82, 2.24) is 4.90 Å². The highest BCUT2D eigenvalue weighted by molar-refractivity contribution is 7.14. The van der Waals surface area contributed by atoms with Gasteiger partial charge in [-0.3, -0.25) is 14.4 Å². The Hall–Kier alpha value is -1.93. The average molecular weight is 325 g/mol. The van der Waals surface area contributed by atoms with Crippen LogP contribution in [0, 0.1) is 0 Å². The van der Waals surface area contributed by atoms with Crippen LogP contribution in [-0.2, 0) is 9.59 Å². The predicted octanol–water partition coefficient (Wildman–Crippen LogP) is -1.08. The van der Waals surface area contributed by atoms with E-state index in [0.717, 1.165) is 18.0 Å². The Kier molecular flexibility index (Phi) is 5.15. The molecule has 22 heavy (non-hydrogen) atoms. The summed E-state index contributed by atoms with van der Waals surface area (Å²) in [6, 6.07) is 1.35. The van der Waals surface area contributed by atoms with Gasteiger partial charge in [-0.25, -0.2) is 0 Å². The van der Waals surface area contributed by atoms with Crippen molar-refractivity contribution in [3.63, 3.8) is 0 Å². The molecule has 1 atom stereocenters. The number of hydrogen-bond donors (Lipinski definition) is 3. The predicted molar refractivity (Wildman–Crippen MR) is 83.9 cm³/mol. The Bertz CT molecular complexity index is 578. The molecule has 0 radical (unpaired) electrons. The van der Waals surface area contributed by atoms with Crippen LogP contribution >= 0.6 is 11.3 Å². The van der Waals surface area contributed by atoms with Gasteiger partial charge in [0.05, 0.1) is 31.7 Å². The molecule has 120 valence electrons. The zero-order valence-corrected chi connectivity index (χ0v) is 13.5. The van der Waals surface area contributed by atoms with Crippen molar-refractivity contribution < 1.29 is 19.3 Å². The summed E-state index contributed by atoms with van der Waals surface area (Å²) in [6.45, 7) is 6.21. The Morgan fingerprint density at radius 1 is 1.36 bits per heavy atom. The minimum Gasteiger partial charge on any atom is -0.366 e. The van der Waals surface area contributed by atoms with Crippen molar-refractivity contribution in [3.05, 3.63) is 17.0 Å². The van der Waals surface area contributed by atoms with Crippen LogP contribution in [0.4, 0.5) is 5.00 Å². The molecular formula is C14H21N4O3S+. The standard InChI is InChI=1S/C14H20N4O3S/c1-9(17-4-6-18(7-5-17)10(2)19)13(21)16-14-11(12(15)20)3-8-22-14/h3,8-9H,4-7H2,1-2H3,(H2,15,20)(H,16,21)/p+1/t9-/m1/s1. The lowest BCUT2D eigenvalue weighted by Crippen LogP contribution is -3.19. The summed E-state index contributed by atoms with van der Waals surface area (Å²) < 4.78 is 0. The number of quaternary nitrogens is 1. The van der Waals surface area contributed by atoms with E-state index in [1.165, 1.54) is 11.3 Å². The van der Waals surface area contributed by atoms with Crippen LogP contribution in [0.5, 0.6) is 0 Å². The Labute approximate surface area is 133 Å². The lowest BCUT2D eigenvalue weighted by atomic mass is 10.2. The lowest BCUT2D eigenvalue weighted by molar-refractivity contribution is -0.917. The van der Waals surface area contributed by atoms with Crippen molar-refractivity contribution in [3.8, 4) is 0 Å². The number of anilines is 1. The van der Waals surface area contributed by atoms with Gasteiger partial charge in [0.15, 0.2) is 6.04 Å². The van der Waals surface area contributed by atoms with Crippen molar-refractivity contribution >= 4 is 34.1 Å². The smallest absolute Gasteiger partial charge is 0.282 e. The van der Waals surface area contributed by atoms with Gasteiger partial charge in [0.2, 0.25) is 5.91 Å². The second-order valence-electron chi connectivity index (χ2n) is 5.40. The van der Waals surface area contributed by atoms with Crippen molar-refractivity contribution in [2.24, 2.45) is 5.73 Å². The van der Waals surface area contributed by atoms with Gasteiger partial charge in [-0.2, -0.15) is 0 Å². The summed E-state index contributed by atoms with van der Waals surface area (Å²) in [4.78, 5) is 37.9. The third-order valence-corrected chi connectivity index (χ3v) is 4.85. The summed E-state index contributed by atoms with van der Waals surface area (Å²) >= 11 is 1.28. The van der Waals surface area contributed by atoms with Gasteiger partial charge < -0.3 is 20.9 Å². The highest BCUT2D eigenvalue weighted by Gasteiger charge is 2.30. The zero-order valence-electron chi connectivity index (χ0n) is 12.7. The first-order valence-electron chi connectivity index (χ1n) is 7.18. The summed E-state index contributed by atoms with van der Waals surface area (Å²) in [5, 5.41) is 4.99. The number of piperazine rings is 1. The maximum Gasteiger partial charge on any atom is 0.282 e. The van der Waals surface area contributed by atoms with Crippen LogP contribution in [0.25, 0.3) is 0 Å². The molecule has 1 aromatic heterocycles. The fraction of sp³-hybridized carbons (Fsp3) is 0.500. The molecule has 1 aromatic rings. The lowest BCUT2D eigenvalue weighted by Gasteiger charge is -2.34. The second-order valence-corrected chi connectivity index (χ2v) is 6.32. The third-order valence-electron chi connectivity index (χ3n) is 4.02. The third kappa shape index (κ3) is 3.63. The van der Waals surface area contributed by atoms with Gasteiger partial charge in [-0.05, 0) is 18.4 Å². The van der Waals surface area contributed by atoms with E-state index in [1.54, 1.807) is 23.3 Å². The van der Waals surface area contributed by atoms with Crippen LogP contribution < -0.4 is 16.0 Å². The largest absolute Gasteiger partial charge is 0.366 e. The maximum atomic E-state index is 12.3. The van der Waals surface area contributed by atoms with Crippen molar-refractivity contribution in [1.29, 1.82) is 0 Å². The number of primary amides is 1. The van der Waals surface area contributed by atoms with Crippen LogP contribution in [0.1, 0.15) is 24.2 Å². The monoisotopic (exact) mass is 325 g/mol. The Morgan fingerprint density at radius 2 is 2.00 bits per heavy atom. The van der Waals surface area contributed by atoms with Gasteiger partial charge >= 0.3 is 0 Å². The van der Waals surface area contributed by atoms with Gasteiger partial charge in [0.25, 0.3) is 11.8 Å². The Morgan fingerprint density at radius 3 is 2.55 bits per heavy atom. The topological polar surface area (TPSA) is 96.9 Å². The van der Waals surface area contributed by atoms with E-state index < -0.39 is 5.91 Å². The average Bonchev–Trinajstić information content (AvgIpc) is 2.94. The highest BCUT2D eigenvalue weighted by atomic mass is 32.1. The van der Waals surface area contributed by atoms with Crippen LogP contribution in [0.15, 0.2) is 11.4 Å². The molecule has 2 rings (SSSR count).